The Hall–Kier alpha value is -3.33. The highest BCUT2D eigenvalue weighted by Crippen LogP contribution is 2.33. The molecule has 1 aliphatic carbocycles. The summed E-state index contributed by atoms with van der Waals surface area (Å²) in [7, 11) is 0. The number of fused-ring (bicyclic) bond motifs is 3. The van der Waals surface area contributed by atoms with Crippen LogP contribution in [0, 0.1) is 0 Å². The van der Waals surface area contributed by atoms with Crippen LogP contribution in [0.15, 0.2) is 48.0 Å². The Balaban J connectivity index is 1.23. The molecule has 0 bridgehead atoms. The average Bonchev–Trinajstić information content (AvgIpc) is 3.47. The first-order valence-corrected chi connectivity index (χ1v) is 11.7. The monoisotopic (exact) mass is 448 g/mol. The quantitative estimate of drug-likeness (QED) is 0.489. The van der Waals surface area contributed by atoms with E-state index in [0.29, 0.717) is 6.54 Å². The van der Waals surface area contributed by atoms with Gasteiger partial charge in [-0.1, -0.05) is 12.1 Å². The van der Waals surface area contributed by atoms with E-state index in [2.05, 4.69) is 20.4 Å². The van der Waals surface area contributed by atoms with Gasteiger partial charge in [0.2, 0.25) is 5.91 Å². The zero-order valence-corrected chi connectivity index (χ0v) is 18.6. The number of aromatic nitrogens is 5. The van der Waals surface area contributed by atoms with Crippen LogP contribution < -0.4 is 10.9 Å². The molecule has 1 aromatic carbocycles. The minimum atomic E-state index is -0.145. The number of carbonyl (C=O) groups is 1. The molecule has 9 heteroatoms. The minimum absolute atomic E-state index is 0.0288. The van der Waals surface area contributed by atoms with Gasteiger partial charge in [-0.05, 0) is 55.9 Å². The van der Waals surface area contributed by atoms with Gasteiger partial charge in [-0.2, -0.15) is 5.10 Å². The van der Waals surface area contributed by atoms with Crippen molar-refractivity contribution in [3.05, 3.63) is 69.6 Å². The third-order valence-electron chi connectivity index (χ3n) is 5.98. The summed E-state index contributed by atoms with van der Waals surface area (Å²) < 4.78 is 3.25. The van der Waals surface area contributed by atoms with Gasteiger partial charge in [0.1, 0.15) is 17.5 Å². The number of thiophene rings is 1. The van der Waals surface area contributed by atoms with Gasteiger partial charge in [0, 0.05) is 17.8 Å². The molecule has 5 rings (SSSR count). The number of nitrogens with one attached hydrogen (secondary N) is 1. The molecule has 164 valence electrons. The standard InChI is InChI=1S/C23H24N6O2S/c1-15(16-6-8-17(9-7-16)29-13-24-12-26-29)27-20(30)10-11-28-14-25-22-21(23(28)31)18-4-2-3-5-19(18)32-22/h6-9,12-15H,2-5,10-11H2,1H3,(H,27,30). The summed E-state index contributed by atoms with van der Waals surface area (Å²) in [4.78, 5) is 36.2. The Morgan fingerprint density at radius 2 is 2.00 bits per heavy atom. The van der Waals surface area contributed by atoms with Gasteiger partial charge in [0.05, 0.1) is 23.4 Å². The molecular weight excluding hydrogens is 424 g/mol. The van der Waals surface area contributed by atoms with Crippen molar-refractivity contribution in [3.63, 3.8) is 0 Å². The minimum Gasteiger partial charge on any atom is -0.350 e. The molecule has 0 saturated carbocycles. The summed E-state index contributed by atoms with van der Waals surface area (Å²) in [6.07, 6.45) is 9.21. The number of aryl methyl sites for hydroxylation is 3. The first kappa shape index (κ1) is 20.6. The van der Waals surface area contributed by atoms with Crippen LogP contribution in [0.1, 0.15) is 48.2 Å². The highest BCUT2D eigenvalue weighted by atomic mass is 32.1. The van der Waals surface area contributed by atoms with Crippen molar-refractivity contribution in [2.45, 2.75) is 51.6 Å². The highest BCUT2D eigenvalue weighted by Gasteiger charge is 2.20. The molecule has 0 saturated heterocycles. The van der Waals surface area contributed by atoms with Crippen molar-refractivity contribution in [1.29, 1.82) is 0 Å². The lowest BCUT2D eigenvalue weighted by Crippen LogP contribution is -2.29. The predicted octanol–water partition coefficient (Wildman–Crippen LogP) is 3.19. The van der Waals surface area contributed by atoms with Crippen LogP contribution in [-0.4, -0.2) is 30.2 Å². The molecule has 1 N–H and O–H groups in total. The van der Waals surface area contributed by atoms with Crippen molar-refractivity contribution in [3.8, 4) is 5.69 Å². The van der Waals surface area contributed by atoms with Crippen molar-refractivity contribution in [2.75, 3.05) is 0 Å². The molecule has 1 unspecified atom stereocenters. The number of benzene rings is 1. The van der Waals surface area contributed by atoms with Crippen LogP contribution in [0.2, 0.25) is 0 Å². The molecule has 32 heavy (non-hydrogen) atoms. The Morgan fingerprint density at radius 3 is 2.78 bits per heavy atom. The maximum atomic E-state index is 13.0. The molecule has 0 spiro atoms. The number of rotatable bonds is 6. The van der Waals surface area contributed by atoms with Crippen molar-refractivity contribution >= 4 is 27.5 Å². The number of amides is 1. The van der Waals surface area contributed by atoms with Crippen LogP contribution in [0.25, 0.3) is 15.9 Å². The maximum absolute atomic E-state index is 13.0. The smallest absolute Gasteiger partial charge is 0.262 e. The SMILES string of the molecule is CC(NC(=O)CCn1cnc2sc3c(c2c1=O)CCCC3)c1ccc(-n2cncn2)cc1. The average molecular weight is 449 g/mol. The Bertz CT molecular complexity index is 1310. The Labute approximate surface area is 188 Å². The molecule has 1 atom stereocenters. The van der Waals surface area contributed by atoms with Crippen molar-refractivity contribution in [1.82, 2.24) is 29.6 Å². The Morgan fingerprint density at radius 1 is 1.19 bits per heavy atom. The summed E-state index contributed by atoms with van der Waals surface area (Å²) in [5.74, 6) is -0.0998. The molecule has 0 radical (unpaired) electrons. The third-order valence-corrected chi connectivity index (χ3v) is 7.18. The molecule has 3 heterocycles. The molecule has 0 fully saturated rings. The van der Waals surface area contributed by atoms with Crippen molar-refractivity contribution < 1.29 is 4.79 Å². The molecular formula is C23H24N6O2S. The molecule has 8 nitrogen and oxygen atoms in total. The van der Waals surface area contributed by atoms with Crippen LogP contribution in [0.4, 0.5) is 0 Å². The van der Waals surface area contributed by atoms with E-state index in [1.54, 1.807) is 33.2 Å². The van der Waals surface area contributed by atoms with Gasteiger partial charge in [-0.15, -0.1) is 11.3 Å². The lowest BCUT2D eigenvalue weighted by molar-refractivity contribution is -0.121. The van der Waals surface area contributed by atoms with E-state index in [1.165, 1.54) is 23.2 Å². The zero-order chi connectivity index (χ0) is 22.1. The van der Waals surface area contributed by atoms with Gasteiger partial charge in [-0.25, -0.2) is 14.6 Å². The summed E-state index contributed by atoms with van der Waals surface area (Å²) >= 11 is 1.64. The van der Waals surface area contributed by atoms with Gasteiger partial charge < -0.3 is 5.32 Å². The predicted molar refractivity (Wildman–Crippen MR) is 123 cm³/mol. The Kier molecular flexibility index (Phi) is 5.57. The topological polar surface area (TPSA) is 94.7 Å². The lowest BCUT2D eigenvalue weighted by Gasteiger charge is -2.15. The fourth-order valence-corrected chi connectivity index (χ4v) is 5.44. The second-order valence-electron chi connectivity index (χ2n) is 8.10. The van der Waals surface area contributed by atoms with Crippen LogP contribution >= 0.6 is 11.3 Å². The normalized spacial score (nSPS) is 14.3. The molecule has 1 aliphatic rings. The second-order valence-corrected chi connectivity index (χ2v) is 9.19. The third kappa shape index (κ3) is 3.95. The summed E-state index contributed by atoms with van der Waals surface area (Å²) in [5, 5.41) is 7.88. The van der Waals surface area contributed by atoms with E-state index >= 15 is 0 Å². The van der Waals surface area contributed by atoms with Crippen LogP contribution in [0.5, 0.6) is 0 Å². The largest absolute Gasteiger partial charge is 0.350 e. The van der Waals surface area contributed by atoms with E-state index in [4.69, 9.17) is 0 Å². The van der Waals surface area contributed by atoms with Gasteiger partial charge in [-0.3, -0.25) is 14.2 Å². The molecule has 3 aromatic heterocycles. The van der Waals surface area contributed by atoms with Gasteiger partial charge in [0.15, 0.2) is 0 Å². The van der Waals surface area contributed by atoms with Crippen LogP contribution in [0.3, 0.4) is 0 Å². The number of nitrogens with zero attached hydrogens (tertiary/aromatic N) is 5. The number of hydrogen-bond acceptors (Lipinski definition) is 6. The second kappa shape index (κ2) is 8.66. The highest BCUT2D eigenvalue weighted by molar-refractivity contribution is 7.18. The summed E-state index contributed by atoms with van der Waals surface area (Å²) in [6, 6.07) is 7.66. The van der Waals surface area contributed by atoms with E-state index in [9.17, 15) is 9.59 Å². The number of carbonyl (C=O) groups excluding carboxylic acids is 1. The number of hydrogen-bond donors (Lipinski definition) is 1. The summed E-state index contributed by atoms with van der Waals surface area (Å²) in [6.45, 7) is 2.26. The van der Waals surface area contributed by atoms with E-state index < -0.39 is 0 Å². The lowest BCUT2D eigenvalue weighted by atomic mass is 9.97. The first-order chi connectivity index (χ1) is 15.6. The van der Waals surface area contributed by atoms with Crippen molar-refractivity contribution in [2.24, 2.45) is 0 Å². The molecule has 4 aromatic rings. The van der Waals surface area contributed by atoms with E-state index in [0.717, 1.165) is 40.7 Å². The maximum Gasteiger partial charge on any atom is 0.262 e. The van der Waals surface area contributed by atoms with Gasteiger partial charge >= 0.3 is 0 Å². The fourth-order valence-electron chi connectivity index (χ4n) is 4.22. The van der Waals surface area contributed by atoms with E-state index in [-0.39, 0.29) is 23.9 Å². The first-order valence-electron chi connectivity index (χ1n) is 10.8. The zero-order valence-electron chi connectivity index (χ0n) is 17.8. The molecule has 0 aliphatic heterocycles. The molecule has 1 amide bonds. The van der Waals surface area contributed by atoms with E-state index in [1.807, 2.05) is 31.2 Å². The van der Waals surface area contributed by atoms with Crippen LogP contribution in [-0.2, 0) is 24.2 Å². The fraction of sp³-hybridized carbons (Fsp3) is 0.348. The van der Waals surface area contributed by atoms with Gasteiger partial charge in [0.25, 0.3) is 5.56 Å². The summed E-state index contributed by atoms with van der Waals surface area (Å²) in [5.41, 5.74) is 3.05.